The summed E-state index contributed by atoms with van der Waals surface area (Å²) in [6.45, 7) is 0.293. The number of methoxy groups -OCH3 is 1. The van der Waals surface area contributed by atoms with E-state index in [0.717, 1.165) is 0 Å². The topological polar surface area (TPSA) is 65.3 Å². The standard InChI is InChI=1S/C7H8N2O3/c1-12-5-6-4-7(9(10)11)2-3-8-6/h2-4H,5H2,1H3. The van der Waals surface area contributed by atoms with E-state index >= 15 is 0 Å². The van der Waals surface area contributed by atoms with Gasteiger partial charge in [0.1, 0.15) is 0 Å². The number of nitrogens with zero attached hydrogens (tertiary/aromatic N) is 2. The third-order valence-electron chi connectivity index (χ3n) is 1.30. The second-order valence-electron chi connectivity index (χ2n) is 2.20. The molecule has 0 amide bonds. The van der Waals surface area contributed by atoms with Crippen molar-refractivity contribution in [1.29, 1.82) is 0 Å². The minimum absolute atomic E-state index is 0.0389. The lowest BCUT2D eigenvalue weighted by molar-refractivity contribution is -0.385. The molecule has 0 saturated heterocycles. The first-order valence-corrected chi connectivity index (χ1v) is 3.32. The maximum atomic E-state index is 10.3. The number of hydrogen-bond donors (Lipinski definition) is 0. The minimum Gasteiger partial charge on any atom is -0.378 e. The van der Waals surface area contributed by atoms with E-state index in [-0.39, 0.29) is 5.69 Å². The first kappa shape index (κ1) is 8.61. The normalized spacial score (nSPS) is 9.75. The van der Waals surface area contributed by atoms with Crippen molar-refractivity contribution in [3.8, 4) is 0 Å². The summed E-state index contributed by atoms with van der Waals surface area (Å²) in [5.41, 5.74) is 0.601. The van der Waals surface area contributed by atoms with Gasteiger partial charge >= 0.3 is 0 Å². The van der Waals surface area contributed by atoms with Gasteiger partial charge in [-0.2, -0.15) is 0 Å². The summed E-state index contributed by atoms with van der Waals surface area (Å²) in [5, 5.41) is 10.3. The summed E-state index contributed by atoms with van der Waals surface area (Å²) in [6, 6.07) is 2.74. The van der Waals surface area contributed by atoms with Crippen molar-refractivity contribution in [3.05, 3.63) is 34.1 Å². The van der Waals surface area contributed by atoms with Gasteiger partial charge in [-0.15, -0.1) is 0 Å². The molecule has 0 aromatic carbocycles. The van der Waals surface area contributed by atoms with Crippen LogP contribution in [0, 0.1) is 10.1 Å². The molecule has 5 heteroatoms. The quantitative estimate of drug-likeness (QED) is 0.501. The van der Waals surface area contributed by atoms with Crippen LogP contribution >= 0.6 is 0 Å². The van der Waals surface area contributed by atoms with Crippen molar-refractivity contribution in [2.75, 3.05) is 7.11 Å². The molecule has 0 aliphatic rings. The van der Waals surface area contributed by atoms with E-state index in [0.29, 0.717) is 12.3 Å². The fourth-order valence-corrected chi connectivity index (χ4v) is 0.806. The van der Waals surface area contributed by atoms with Crippen LogP contribution in [0.5, 0.6) is 0 Å². The zero-order valence-corrected chi connectivity index (χ0v) is 6.56. The number of pyridine rings is 1. The van der Waals surface area contributed by atoms with Crippen LogP contribution in [0.1, 0.15) is 5.69 Å². The number of aromatic nitrogens is 1. The van der Waals surface area contributed by atoms with Crippen LogP contribution < -0.4 is 0 Å². The highest BCUT2D eigenvalue weighted by atomic mass is 16.6. The third-order valence-corrected chi connectivity index (χ3v) is 1.30. The van der Waals surface area contributed by atoms with Gasteiger partial charge in [-0.05, 0) is 0 Å². The second kappa shape index (κ2) is 3.77. The van der Waals surface area contributed by atoms with E-state index in [1.165, 1.54) is 25.4 Å². The van der Waals surface area contributed by atoms with Gasteiger partial charge in [-0.1, -0.05) is 0 Å². The Kier molecular flexibility index (Phi) is 2.71. The van der Waals surface area contributed by atoms with Crippen molar-refractivity contribution in [1.82, 2.24) is 4.98 Å². The highest BCUT2D eigenvalue weighted by molar-refractivity contribution is 5.29. The van der Waals surface area contributed by atoms with Gasteiger partial charge < -0.3 is 4.74 Å². The molecule has 1 aromatic rings. The van der Waals surface area contributed by atoms with Gasteiger partial charge in [0.25, 0.3) is 5.69 Å². The second-order valence-corrected chi connectivity index (χ2v) is 2.20. The molecule has 1 aromatic heterocycles. The summed E-state index contributed by atoms with van der Waals surface area (Å²) in [7, 11) is 1.51. The van der Waals surface area contributed by atoms with E-state index in [4.69, 9.17) is 4.74 Å². The highest BCUT2D eigenvalue weighted by Gasteiger charge is 2.05. The van der Waals surface area contributed by atoms with E-state index in [1.807, 2.05) is 0 Å². The molecule has 1 heterocycles. The van der Waals surface area contributed by atoms with Crippen LogP contribution in [0.2, 0.25) is 0 Å². The monoisotopic (exact) mass is 168 g/mol. The number of ether oxygens (including phenoxy) is 1. The van der Waals surface area contributed by atoms with Crippen molar-refractivity contribution in [2.45, 2.75) is 6.61 Å². The predicted octanol–water partition coefficient (Wildman–Crippen LogP) is 1.14. The SMILES string of the molecule is COCc1cc([N+](=O)[O-])ccn1. The maximum absolute atomic E-state index is 10.3. The van der Waals surface area contributed by atoms with Gasteiger partial charge in [0.2, 0.25) is 0 Å². The van der Waals surface area contributed by atoms with E-state index in [2.05, 4.69) is 4.98 Å². The third kappa shape index (κ3) is 2.00. The highest BCUT2D eigenvalue weighted by Crippen LogP contribution is 2.10. The lowest BCUT2D eigenvalue weighted by atomic mass is 10.3. The molecule has 0 aliphatic carbocycles. The zero-order chi connectivity index (χ0) is 8.97. The number of nitro groups is 1. The average Bonchev–Trinajstić information content (AvgIpc) is 2.05. The first-order chi connectivity index (χ1) is 5.74. The van der Waals surface area contributed by atoms with E-state index in [9.17, 15) is 10.1 Å². The molecular weight excluding hydrogens is 160 g/mol. The van der Waals surface area contributed by atoms with Gasteiger partial charge in [0, 0.05) is 25.4 Å². The molecule has 12 heavy (non-hydrogen) atoms. The van der Waals surface area contributed by atoms with Crippen LogP contribution in [0.25, 0.3) is 0 Å². The Hall–Kier alpha value is -1.49. The summed E-state index contributed by atoms with van der Waals surface area (Å²) < 4.78 is 4.78. The molecule has 0 unspecified atom stereocenters. The molecule has 0 fully saturated rings. The van der Waals surface area contributed by atoms with Crippen LogP contribution in [-0.4, -0.2) is 17.0 Å². The number of hydrogen-bond acceptors (Lipinski definition) is 4. The van der Waals surface area contributed by atoms with Gasteiger partial charge in [-0.3, -0.25) is 15.1 Å². The Labute approximate surface area is 69.1 Å². The van der Waals surface area contributed by atoms with Crippen molar-refractivity contribution >= 4 is 5.69 Å². The van der Waals surface area contributed by atoms with Crippen LogP contribution in [-0.2, 0) is 11.3 Å². The molecule has 0 atom stereocenters. The molecule has 0 saturated carbocycles. The summed E-state index contributed by atoms with van der Waals surface area (Å²) in [5.74, 6) is 0. The van der Waals surface area contributed by atoms with Crippen molar-refractivity contribution in [3.63, 3.8) is 0 Å². The Balaban J connectivity index is 2.88. The molecule has 0 N–H and O–H groups in total. The van der Waals surface area contributed by atoms with Crippen molar-refractivity contribution < 1.29 is 9.66 Å². The zero-order valence-electron chi connectivity index (χ0n) is 6.56. The molecule has 0 radical (unpaired) electrons. The molecule has 0 bridgehead atoms. The van der Waals surface area contributed by atoms with Gasteiger partial charge in [0.05, 0.1) is 17.2 Å². The lowest BCUT2D eigenvalue weighted by Crippen LogP contribution is -1.94. The van der Waals surface area contributed by atoms with E-state index in [1.54, 1.807) is 0 Å². The maximum Gasteiger partial charge on any atom is 0.272 e. The largest absolute Gasteiger partial charge is 0.378 e. The summed E-state index contributed by atoms with van der Waals surface area (Å²) >= 11 is 0. The Morgan fingerprint density at radius 1 is 1.75 bits per heavy atom. The number of rotatable bonds is 3. The van der Waals surface area contributed by atoms with Gasteiger partial charge in [0.15, 0.2) is 0 Å². The fourth-order valence-electron chi connectivity index (χ4n) is 0.806. The molecule has 64 valence electrons. The average molecular weight is 168 g/mol. The smallest absolute Gasteiger partial charge is 0.272 e. The molecule has 0 spiro atoms. The Morgan fingerprint density at radius 2 is 2.50 bits per heavy atom. The molecule has 0 aliphatic heterocycles. The van der Waals surface area contributed by atoms with Crippen LogP contribution in [0.4, 0.5) is 5.69 Å². The Morgan fingerprint density at radius 3 is 3.08 bits per heavy atom. The lowest BCUT2D eigenvalue weighted by Gasteiger charge is -1.96. The Bertz CT molecular complexity index is 288. The molecule has 1 rings (SSSR count). The molecule has 5 nitrogen and oxygen atoms in total. The fraction of sp³-hybridized carbons (Fsp3) is 0.286. The van der Waals surface area contributed by atoms with E-state index < -0.39 is 4.92 Å². The van der Waals surface area contributed by atoms with Crippen LogP contribution in [0.15, 0.2) is 18.3 Å². The van der Waals surface area contributed by atoms with Crippen LogP contribution in [0.3, 0.4) is 0 Å². The first-order valence-electron chi connectivity index (χ1n) is 3.32. The molecular formula is C7H8N2O3. The summed E-state index contributed by atoms with van der Waals surface area (Å²) in [6.07, 6.45) is 1.40. The summed E-state index contributed by atoms with van der Waals surface area (Å²) in [4.78, 5) is 13.7. The minimum atomic E-state index is -0.458. The van der Waals surface area contributed by atoms with Gasteiger partial charge in [-0.25, -0.2) is 0 Å². The van der Waals surface area contributed by atoms with Crippen molar-refractivity contribution in [2.24, 2.45) is 0 Å². The predicted molar refractivity (Wildman–Crippen MR) is 41.6 cm³/mol.